The predicted octanol–water partition coefficient (Wildman–Crippen LogP) is 4.75. The lowest BCUT2D eigenvalue weighted by molar-refractivity contribution is -0.154. The van der Waals surface area contributed by atoms with Gasteiger partial charge in [-0.15, -0.1) is 11.8 Å². The van der Waals surface area contributed by atoms with E-state index in [1.165, 1.54) is 11.8 Å². The van der Waals surface area contributed by atoms with Crippen molar-refractivity contribution < 1.29 is 24.2 Å². The monoisotopic (exact) mass is 615 g/mol. The summed E-state index contributed by atoms with van der Waals surface area (Å²) in [5.41, 5.74) is 2.55. The van der Waals surface area contributed by atoms with Gasteiger partial charge in [0.2, 0.25) is 5.91 Å². The molecule has 1 unspecified atom stereocenters. The summed E-state index contributed by atoms with van der Waals surface area (Å²) >= 11 is 1.52. The number of allylic oxidation sites excluding steroid dienone is 1. The number of nitrogens with zero attached hydrogens (tertiary/aromatic N) is 3. The second-order valence-corrected chi connectivity index (χ2v) is 13.9. The van der Waals surface area contributed by atoms with Crippen LogP contribution in [0.25, 0.3) is 0 Å². The van der Waals surface area contributed by atoms with Crippen molar-refractivity contribution in [3.63, 3.8) is 0 Å². The smallest absolute Gasteiger partial charge is 0.311 e. The molecule has 232 valence electrons. The van der Waals surface area contributed by atoms with Crippen LogP contribution in [0, 0.1) is 11.8 Å². The van der Waals surface area contributed by atoms with Gasteiger partial charge < -0.3 is 24.5 Å². The van der Waals surface area contributed by atoms with Crippen LogP contribution in [-0.4, -0.2) is 76.2 Å². The Morgan fingerprint density at radius 3 is 2.39 bits per heavy atom. The zero-order valence-corrected chi connectivity index (χ0v) is 26.4. The highest BCUT2D eigenvalue weighted by molar-refractivity contribution is 8.02. The summed E-state index contributed by atoms with van der Waals surface area (Å²) in [4.78, 5) is 49.0. The number of rotatable bonds is 7. The highest BCUT2D eigenvalue weighted by Gasteiger charge is 2.74. The summed E-state index contributed by atoms with van der Waals surface area (Å²) in [6.45, 7) is 8.22. The molecule has 8 nitrogen and oxygen atoms in total. The highest BCUT2D eigenvalue weighted by atomic mass is 32.2. The van der Waals surface area contributed by atoms with E-state index in [9.17, 15) is 19.5 Å². The highest BCUT2D eigenvalue weighted by Crippen LogP contribution is 2.66. The summed E-state index contributed by atoms with van der Waals surface area (Å²) in [5.74, 6) is -2.55. The SMILES string of the molecule is CCN(CC)c1ccc(N2CC=C[C@]34S[C@@]5(C)/C=C\CCCOC(=O)[C@H]5[C@H]3C(=O)N([C@H](CO)c3ccccc3)C4C2=O)cc1. The Morgan fingerprint density at radius 1 is 0.977 bits per heavy atom. The number of anilines is 2. The van der Waals surface area contributed by atoms with Crippen LogP contribution in [0.5, 0.6) is 0 Å². The van der Waals surface area contributed by atoms with Gasteiger partial charge in [0.25, 0.3) is 5.91 Å². The van der Waals surface area contributed by atoms with Crippen molar-refractivity contribution in [2.45, 2.75) is 55.2 Å². The normalized spacial score (nSPS) is 31.2. The van der Waals surface area contributed by atoms with Crippen LogP contribution in [0.3, 0.4) is 0 Å². The van der Waals surface area contributed by atoms with Gasteiger partial charge in [0.15, 0.2) is 0 Å². The van der Waals surface area contributed by atoms with Crippen molar-refractivity contribution in [2.24, 2.45) is 11.8 Å². The third kappa shape index (κ3) is 4.85. The van der Waals surface area contributed by atoms with Crippen LogP contribution < -0.4 is 9.80 Å². The van der Waals surface area contributed by atoms with Crippen molar-refractivity contribution >= 4 is 40.9 Å². The maximum absolute atomic E-state index is 14.9. The number of fused-ring (bicyclic) bond motifs is 2. The Kier molecular flexibility index (Phi) is 8.37. The fourth-order valence-corrected chi connectivity index (χ4v) is 9.74. The Bertz CT molecular complexity index is 1460. The van der Waals surface area contributed by atoms with Gasteiger partial charge in [-0.3, -0.25) is 14.4 Å². The van der Waals surface area contributed by atoms with Crippen LogP contribution in [0.1, 0.15) is 45.2 Å². The number of aliphatic hydroxyl groups excluding tert-OH is 1. The molecule has 1 N–H and O–H groups in total. The van der Waals surface area contributed by atoms with E-state index in [-0.39, 0.29) is 25.0 Å². The first-order chi connectivity index (χ1) is 21.3. The first-order valence-corrected chi connectivity index (χ1v) is 16.5. The van der Waals surface area contributed by atoms with Crippen molar-refractivity contribution in [3.05, 3.63) is 84.5 Å². The Balaban J connectivity index is 1.49. The molecular weight excluding hydrogens is 574 g/mol. The standard InChI is InChI=1S/C35H41N3O5S/c1-4-36(5-2)25-15-17-26(18-16-25)37-21-12-20-35-28(29-33(42)43-22-11-7-10-19-34(29,3)44-35)31(40)38(30(35)32(37)41)27(23-39)24-13-8-6-9-14-24/h6,8-10,12-20,27-30,39H,4-5,7,11,21-23H2,1-3H3/b19-10-/t27-,28+,29-,30?,34+,35+/m1/s1. The predicted molar refractivity (Wildman–Crippen MR) is 173 cm³/mol. The van der Waals surface area contributed by atoms with Crippen LogP contribution in [0.4, 0.5) is 11.4 Å². The maximum atomic E-state index is 14.9. The van der Waals surface area contributed by atoms with Crippen LogP contribution >= 0.6 is 11.8 Å². The third-order valence-electron chi connectivity index (χ3n) is 9.67. The number of amides is 2. The minimum Gasteiger partial charge on any atom is -0.465 e. The summed E-state index contributed by atoms with van der Waals surface area (Å²) in [5, 5.41) is 10.8. The first kappa shape index (κ1) is 30.5. The van der Waals surface area contributed by atoms with Gasteiger partial charge in [0.1, 0.15) is 6.04 Å². The van der Waals surface area contributed by atoms with Gasteiger partial charge in [-0.25, -0.2) is 0 Å². The lowest BCUT2D eigenvalue weighted by Crippen LogP contribution is -2.54. The molecule has 4 aliphatic rings. The summed E-state index contributed by atoms with van der Waals surface area (Å²) in [6.07, 6.45) is 9.57. The van der Waals surface area contributed by atoms with E-state index in [0.717, 1.165) is 42.9 Å². The minimum atomic E-state index is -1.03. The van der Waals surface area contributed by atoms with E-state index < -0.39 is 39.4 Å². The molecule has 2 fully saturated rings. The number of carbonyl (C=O) groups is 3. The van der Waals surface area contributed by atoms with E-state index in [1.54, 1.807) is 9.80 Å². The van der Waals surface area contributed by atoms with Gasteiger partial charge in [0, 0.05) is 35.8 Å². The average molecular weight is 616 g/mol. The lowest BCUT2D eigenvalue weighted by atomic mass is 9.74. The Hall–Kier alpha value is -3.56. The van der Waals surface area contributed by atoms with E-state index >= 15 is 0 Å². The van der Waals surface area contributed by atoms with E-state index in [1.807, 2.05) is 79.7 Å². The molecule has 2 amide bonds. The molecule has 6 atom stereocenters. The van der Waals surface area contributed by atoms with Gasteiger partial charge in [-0.1, -0.05) is 54.6 Å². The summed E-state index contributed by atoms with van der Waals surface area (Å²) in [7, 11) is 0. The second-order valence-electron chi connectivity index (χ2n) is 12.1. The summed E-state index contributed by atoms with van der Waals surface area (Å²) in [6, 6.07) is 15.6. The van der Waals surface area contributed by atoms with Gasteiger partial charge >= 0.3 is 5.97 Å². The molecule has 0 radical (unpaired) electrons. The molecule has 4 heterocycles. The molecule has 0 aromatic heterocycles. The van der Waals surface area contributed by atoms with Crippen molar-refractivity contribution in [1.29, 1.82) is 0 Å². The van der Waals surface area contributed by atoms with E-state index in [2.05, 4.69) is 24.8 Å². The number of hydrogen-bond acceptors (Lipinski definition) is 7. The Labute approximate surface area is 263 Å². The van der Waals surface area contributed by atoms with Crippen molar-refractivity contribution in [3.8, 4) is 0 Å². The molecule has 6 rings (SSSR count). The van der Waals surface area contributed by atoms with Gasteiger partial charge in [0.05, 0.1) is 35.8 Å². The molecule has 4 aliphatic heterocycles. The van der Waals surface area contributed by atoms with Crippen LogP contribution in [0.2, 0.25) is 0 Å². The number of ether oxygens (including phenoxy) is 1. The van der Waals surface area contributed by atoms with Crippen molar-refractivity contribution in [1.82, 2.24) is 4.90 Å². The molecule has 2 aromatic carbocycles. The number of carbonyl (C=O) groups excluding carboxylic acids is 3. The largest absolute Gasteiger partial charge is 0.465 e. The molecule has 9 heteroatoms. The molecule has 2 saturated heterocycles. The number of thioether (sulfide) groups is 1. The zero-order valence-electron chi connectivity index (χ0n) is 25.6. The molecule has 0 saturated carbocycles. The summed E-state index contributed by atoms with van der Waals surface area (Å²) < 4.78 is 3.96. The van der Waals surface area contributed by atoms with Gasteiger partial charge in [-0.05, 0) is 63.4 Å². The maximum Gasteiger partial charge on any atom is 0.311 e. The number of likely N-dealkylation sites (tertiary alicyclic amines) is 1. The molecule has 0 bridgehead atoms. The third-order valence-corrected chi connectivity index (χ3v) is 11.5. The average Bonchev–Trinajstić information content (AvgIpc) is 3.38. The van der Waals surface area contributed by atoms with E-state index in [4.69, 9.17) is 4.74 Å². The Morgan fingerprint density at radius 2 is 1.70 bits per heavy atom. The van der Waals surface area contributed by atoms with Crippen LogP contribution in [0.15, 0.2) is 78.9 Å². The van der Waals surface area contributed by atoms with Crippen molar-refractivity contribution in [2.75, 3.05) is 42.6 Å². The molecule has 0 aliphatic carbocycles. The fraction of sp³-hybridized carbons (Fsp3) is 0.457. The first-order valence-electron chi connectivity index (χ1n) is 15.7. The zero-order chi connectivity index (χ0) is 31.1. The van der Waals surface area contributed by atoms with E-state index in [0.29, 0.717) is 6.54 Å². The molecule has 1 spiro atoms. The number of benzene rings is 2. The van der Waals surface area contributed by atoms with Crippen LogP contribution in [-0.2, 0) is 19.1 Å². The van der Waals surface area contributed by atoms with Gasteiger partial charge in [-0.2, -0.15) is 0 Å². The topological polar surface area (TPSA) is 90.4 Å². The minimum absolute atomic E-state index is 0.226. The lowest BCUT2D eigenvalue weighted by Gasteiger charge is -2.40. The number of esters is 1. The second kappa shape index (κ2) is 12.1. The number of cyclic esters (lactones) is 1. The number of hydrogen-bond donors (Lipinski definition) is 1. The molecule has 44 heavy (non-hydrogen) atoms. The number of aliphatic hydroxyl groups is 1. The molecular formula is C35H41N3O5S. The fourth-order valence-electron chi connectivity index (χ4n) is 7.60. The molecule has 2 aromatic rings. The quantitative estimate of drug-likeness (QED) is 0.355.